The zero-order valence-corrected chi connectivity index (χ0v) is 9.54. The Balaban J connectivity index is 3.06. The standard InChI is InChI=1S/B12H14O2/c1-2-3-6-9-12(14)10-7-4-5-8-11-13/h2-11,13-14H,1H2. The predicted molar refractivity (Wildman–Crippen MR) is 90.2 cm³/mol. The average Bonchev–Trinajstić information content (AvgIpc) is 2.18. The van der Waals surface area contributed by atoms with E-state index >= 15 is 0 Å². The van der Waals surface area contributed by atoms with E-state index in [2.05, 4.69) is 7.74 Å². The molecule has 0 unspecified atom stereocenters. The van der Waals surface area contributed by atoms with Crippen molar-refractivity contribution < 1.29 is 10.0 Å². The molecule has 0 amide bonds. The van der Waals surface area contributed by atoms with Gasteiger partial charge in [0.1, 0.15) is 0 Å². The summed E-state index contributed by atoms with van der Waals surface area (Å²) in [5.41, 5.74) is 0. The fourth-order valence-corrected chi connectivity index (χ4v) is 1.62. The molecule has 2 N–H and O–H groups in total. The van der Waals surface area contributed by atoms with Crippen molar-refractivity contribution in [3.8, 4) is 0 Å². The first-order valence-electron chi connectivity index (χ1n) is 6.10. The average molecular weight is 176 g/mol. The van der Waals surface area contributed by atoms with E-state index in [1.807, 2.05) is 0 Å². The second-order valence-electron chi connectivity index (χ2n) is 4.08. The van der Waals surface area contributed by atoms with E-state index < -0.39 is 0 Å². The minimum Gasteiger partial charge on any atom is -0.469 e. The van der Waals surface area contributed by atoms with E-state index in [0.29, 0.717) is 7.37 Å². The van der Waals surface area contributed by atoms with E-state index in [4.69, 9.17) is 5.02 Å². The van der Waals surface area contributed by atoms with Crippen molar-refractivity contribution in [2.24, 2.45) is 0 Å². The van der Waals surface area contributed by atoms with Gasteiger partial charge >= 0.3 is 0 Å². The van der Waals surface area contributed by atoms with Crippen molar-refractivity contribution in [3.63, 3.8) is 0 Å². The largest absolute Gasteiger partial charge is 0.469 e. The maximum Gasteiger partial charge on any atom is 0.220 e. The first-order chi connectivity index (χ1) is 6.81. The Kier molecular flexibility index (Phi) is 12.4. The van der Waals surface area contributed by atoms with Gasteiger partial charge in [-0.3, -0.25) is 0 Å². The monoisotopic (exact) mass is 178 g/mol. The molecule has 0 aromatic rings. The first kappa shape index (κ1) is 14.7. The molecule has 0 saturated heterocycles. The maximum atomic E-state index is 9.58. The Morgan fingerprint density at radius 3 is 2.00 bits per heavy atom. The highest BCUT2D eigenvalue weighted by atomic mass is 16.2. The van der Waals surface area contributed by atoms with Gasteiger partial charge in [0, 0.05) is 42.4 Å². The minimum absolute atomic E-state index is 0.0873. The smallest absolute Gasteiger partial charge is 0.220 e. The number of rotatable bonds is 10. The van der Waals surface area contributed by atoms with Crippen LogP contribution in [-0.4, -0.2) is 95.4 Å². The molecule has 62 valence electrons. The molecule has 0 rings (SSSR count). The third-order valence-electron chi connectivity index (χ3n) is 2.59. The van der Waals surface area contributed by atoms with Gasteiger partial charge < -0.3 is 10.0 Å². The Bertz CT molecular complexity index is 104. The van der Waals surface area contributed by atoms with Crippen LogP contribution in [0.4, 0.5) is 0 Å². The molecule has 14 heteroatoms. The van der Waals surface area contributed by atoms with Crippen LogP contribution in [0.1, 0.15) is 0 Å². The van der Waals surface area contributed by atoms with Crippen molar-refractivity contribution in [3.05, 3.63) is 0 Å². The minimum atomic E-state index is -0.0873. The van der Waals surface area contributed by atoms with Crippen molar-refractivity contribution in [1.29, 1.82) is 0 Å². The van der Waals surface area contributed by atoms with E-state index in [-0.39, 0.29) is 6.70 Å². The van der Waals surface area contributed by atoms with E-state index in [1.54, 1.807) is 0 Å². The Morgan fingerprint density at radius 2 is 1.43 bits per heavy atom. The molecule has 14 heavy (non-hydrogen) atoms. The summed E-state index contributed by atoms with van der Waals surface area (Å²) in [6, 6.07) is 0. The van der Waals surface area contributed by atoms with Crippen LogP contribution in [0.5, 0.6) is 0 Å². The van der Waals surface area contributed by atoms with Gasteiger partial charge in [-0.05, 0) is 0 Å². The van der Waals surface area contributed by atoms with Crippen molar-refractivity contribution in [1.82, 2.24) is 0 Å². The maximum absolute atomic E-state index is 9.58. The third-order valence-corrected chi connectivity index (χ3v) is 2.59. The fourth-order valence-electron chi connectivity index (χ4n) is 1.62. The summed E-state index contributed by atoms with van der Waals surface area (Å²) < 4.78 is 0. The third kappa shape index (κ3) is 10.8. The zero-order valence-electron chi connectivity index (χ0n) is 9.54. The summed E-state index contributed by atoms with van der Waals surface area (Å²) in [7, 11) is 12.3. The van der Waals surface area contributed by atoms with Crippen molar-refractivity contribution >= 4 is 85.4 Å². The van der Waals surface area contributed by atoms with Crippen LogP contribution in [0, 0.1) is 0 Å². The molecular weight excluding hydrogens is 162 g/mol. The molecule has 0 aliphatic carbocycles. The molecule has 0 aliphatic heterocycles. The van der Waals surface area contributed by atoms with E-state index in [0.717, 1.165) is 49.4 Å². The van der Waals surface area contributed by atoms with E-state index in [9.17, 15) is 5.02 Å². The summed E-state index contributed by atoms with van der Waals surface area (Å²) in [6.45, 7) is -0.0873. The Morgan fingerprint density at radius 1 is 0.857 bits per heavy atom. The fraction of sp³-hybridized carbons (Fsp3) is 0. The summed E-state index contributed by atoms with van der Waals surface area (Å²) >= 11 is 0. The predicted octanol–water partition coefficient (Wildman–Crippen LogP) is -8.90. The molecule has 0 aromatic carbocycles. The molecule has 0 atom stereocenters. The van der Waals surface area contributed by atoms with Gasteiger partial charge in [0.2, 0.25) is 7.37 Å². The van der Waals surface area contributed by atoms with Crippen LogP contribution in [0.15, 0.2) is 0 Å². The van der Waals surface area contributed by atoms with Gasteiger partial charge in [0.15, 0.2) is 6.70 Å². The van der Waals surface area contributed by atoms with Crippen LogP contribution < -0.4 is 0 Å². The molecule has 0 fully saturated rings. The van der Waals surface area contributed by atoms with Gasteiger partial charge in [-0.2, -0.15) is 0 Å². The second kappa shape index (κ2) is 11.8. The topological polar surface area (TPSA) is 40.5 Å². The summed E-state index contributed by atoms with van der Waals surface area (Å²) in [6.07, 6.45) is 0. The molecular formula is H14B12O2. The second-order valence-corrected chi connectivity index (χ2v) is 4.08. The van der Waals surface area contributed by atoms with Gasteiger partial charge in [0.25, 0.3) is 0 Å². The number of hydrogen-bond donors (Lipinski definition) is 2. The molecule has 0 saturated carbocycles. The first-order valence-corrected chi connectivity index (χ1v) is 6.10. The Hall–Kier alpha value is 0.699. The molecule has 2 nitrogen and oxygen atoms in total. The van der Waals surface area contributed by atoms with Crippen LogP contribution in [0.2, 0.25) is 0 Å². The lowest BCUT2D eigenvalue weighted by Crippen LogP contribution is -2.42. The molecule has 0 spiro atoms. The molecule has 0 heterocycles. The van der Waals surface area contributed by atoms with Gasteiger partial charge in [-0.1, -0.05) is 0 Å². The van der Waals surface area contributed by atoms with E-state index in [1.165, 1.54) is 14.1 Å². The van der Waals surface area contributed by atoms with Crippen LogP contribution in [-0.2, 0) is 0 Å². The molecule has 0 bridgehead atoms. The highest BCUT2D eigenvalue weighted by molar-refractivity contribution is 7.73. The lowest BCUT2D eigenvalue weighted by atomic mass is 8.85. The molecule has 0 radical (unpaired) electrons. The normalized spacial score (nSPS) is 7.57. The SMILES string of the molecule is BBBBBB(O)BBBBBBO. The van der Waals surface area contributed by atoms with Gasteiger partial charge in [0.05, 0.1) is 28.9 Å². The number of hydrogen-bond acceptors (Lipinski definition) is 2. The van der Waals surface area contributed by atoms with Crippen molar-refractivity contribution in [2.75, 3.05) is 0 Å². The zero-order chi connectivity index (χ0) is 10.6. The highest BCUT2D eigenvalue weighted by Gasteiger charge is 2.12. The summed E-state index contributed by atoms with van der Waals surface area (Å²) in [5, 5.41) is 18.2. The van der Waals surface area contributed by atoms with Crippen molar-refractivity contribution in [2.45, 2.75) is 0 Å². The summed E-state index contributed by atoms with van der Waals surface area (Å²) in [4.78, 5) is 0. The lowest BCUT2D eigenvalue weighted by molar-refractivity contribution is 0.613. The quantitative estimate of drug-likeness (QED) is 0.256. The highest BCUT2D eigenvalue weighted by Crippen LogP contribution is 1.68. The molecule has 0 aromatic heterocycles. The molecule has 0 aliphatic rings. The van der Waals surface area contributed by atoms with Crippen LogP contribution in [0.3, 0.4) is 0 Å². The Labute approximate surface area is 95.7 Å². The van der Waals surface area contributed by atoms with Crippen LogP contribution in [0.25, 0.3) is 0 Å². The lowest BCUT2D eigenvalue weighted by Gasteiger charge is -2.00. The van der Waals surface area contributed by atoms with Crippen LogP contribution >= 0.6 is 0 Å². The van der Waals surface area contributed by atoms with Gasteiger partial charge in [-0.25, -0.2) is 0 Å². The summed E-state index contributed by atoms with van der Waals surface area (Å²) in [5.74, 6) is 0. The van der Waals surface area contributed by atoms with Gasteiger partial charge in [-0.15, -0.1) is 0 Å².